The summed E-state index contributed by atoms with van der Waals surface area (Å²) >= 11 is 6.29. The fourth-order valence-corrected chi connectivity index (χ4v) is 3.14. The van der Waals surface area contributed by atoms with Crippen LogP contribution < -0.4 is 10.3 Å². The Morgan fingerprint density at radius 3 is 2.53 bits per heavy atom. The Kier molecular flexibility index (Phi) is 7.20. The number of hydrogen-bond donors (Lipinski definition) is 1. The molecule has 0 unspecified atom stereocenters. The van der Waals surface area contributed by atoms with Crippen molar-refractivity contribution in [3.8, 4) is 28.4 Å². The SMILES string of the molecule is CC(C)C[N-]Cc1ccc(Cl)c(-c2nc(-c3ccc(OC(F)(F)F)cc3F)cc(=O)[nH]2)c1. The van der Waals surface area contributed by atoms with Crippen LogP contribution in [0.2, 0.25) is 5.02 Å². The zero-order chi connectivity index (χ0) is 23.5. The standard InChI is InChI=1S/C22H19ClF4N3O2/c1-12(2)10-28-11-13-3-6-17(23)16(7-13)21-29-19(9-20(31)30-21)15-5-4-14(8-18(15)24)32-22(25,26)27/h3-9,12H,10-11H2,1-2H3,(H,29,30,31)/q-1. The van der Waals surface area contributed by atoms with E-state index in [1.807, 2.05) is 0 Å². The third-order valence-corrected chi connectivity index (χ3v) is 4.60. The van der Waals surface area contributed by atoms with Crippen LogP contribution in [0.25, 0.3) is 28.0 Å². The molecule has 0 aliphatic rings. The van der Waals surface area contributed by atoms with E-state index < -0.39 is 23.5 Å². The molecule has 0 radical (unpaired) electrons. The molecule has 5 nitrogen and oxygen atoms in total. The Morgan fingerprint density at radius 1 is 1.12 bits per heavy atom. The summed E-state index contributed by atoms with van der Waals surface area (Å²) in [6.45, 7) is 5.24. The second-order valence-corrected chi connectivity index (χ2v) is 7.85. The van der Waals surface area contributed by atoms with Crippen LogP contribution in [0.4, 0.5) is 17.6 Å². The Bertz CT molecular complexity index is 1160. The van der Waals surface area contributed by atoms with Crippen LogP contribution in [-0.4, -0.2) is 22.9 Å². The summed E-state index contributed by atoms with van der Waals surface area (Å²) in [4.78, 5) is 19.1. The molecule has 10 heteroatoms. The maximum Gasteiger partial charge on any atom is 0.573 e. The third-order valence-electron chi connectivity index (χ3n) is 4.27. The minimum absolute atomic E-state index is 0.0641. The van der Waals surface area contributed by atoms with Crippen molar-refractivity contribution in [3.63, 3.8) is 0 Å². The van der Waals surface area contributed by atoms with Gasteiger partial charge in [0.25, 0.3) is 5.56 Å². The van der Waals surface area contributed by atoms with Gasteiger partial charge in [0.2, 0.25) is 0 Å². The summed E-state index contributed by atoms with van der Waals surface area (Å²) < 4.78 is 55.3. The molecule has 0 aliphatic heterocycles. The number of aromatic nitrogens is 2. The summed E-state index contributed by atoms with van der Waals surface area (Å²) in [5.74, 6) is -1.23. The molecule has 0 atom stereocenters. The number of nitrogens with one attached hydrogen (secondary N) is 1. The molecule has 0 spiro atoms. The predicted octanol–water partition coefficient (Wildman–Crippen LogP) is 6.32. The number of benzene rings is 2. The first-order valence-corrected chi connectivity index (χ1v) is 9.98. The van der Waals surface area contributed by atoms with E-state index in [1.165, 1.54) is 0 Å². The van der Waals surface area contributed by atoms with Crippen molar-refractivity contribution in [1.29, 1.82) is 0 Å². The van der Waals surface area contributed by atoms with E-state index in [2.05, 4.69) is 33.9 Å². The van der Waals surface area contributed by atoms with E-state index in [4.69, 9.17) is 11.6 Å². The van der Waals surface area contributed by atoms with Gasteiger partial charge in [-0.25, -0.2) is 9.37 Å². The van der Waals surface area contributed by atoms with Crippen molar-refractivity contribution >= 4 is 11.6 Å². The van der Waals surface area contributed by atoms with Crippen LogP contribution in [0.3, 0.4) is 0 Å². The van der Waals surface area contributed by atoms with Crippen molar-refractivity contribution in [2.75, 3.05) is 6.54 Å². The number of alkyl halides is 3. The van der Waals surface area contributed by atoms with Crippen LogP contribution in [0.15, 0.2) is 47.3 Å². The van der Waals surface area contributed by atoms with E-state index in [0.717, 1.165) is 23.8 Å². The predicted molar refractivity (Wildman–Crippen MR) is 114 cm³/mol. The summed E-state index contributed by atoms with van der Waals surface area (Å²) in [6.07, 6.45) is -4.95. The normalized spacial score (nSPS) is 11.8. The maximum absolute atomic E-state index is 14.5. The molecular weight excluding hydrogens is 450 g/mol. The Balaban J connectivity index is 1.95. The monoisotopic (exact) mass is 468 g/mol. The molecule has 1 heterocycles. The molecule has 0 fully saturated rings. The lowest BCUT2D eigenvalue weighted by Gasteiger charge is -2.22. The summed E-state index contributed by atoms with van der Waals surface area (Å²) in [5.41, 5.74) is 0.459. The largest absolute Gasteiger partial charge is 0.658 e. The van der Waals surface area contributed by atoms with E-state index in [0.29, 0.717) is 35.7 Å². The zero-order valence-electron chi connectivity index (χ0n) is 17.1. The first kappa shape index (κ1) is 23.7. The third kappa shape index (κ3) is 6.30. The highest BCUT2D eigenvalue weighted by Crippen LogP contribution is 2.31. The average Bonchev–Trinajstić information content (AvgIpc) is 2.67. The topological polar surface area (TPSA) is 69.1 Å². The van der Waals surface area contributed by atoms with E-state index in [9.17, 15) is 22.4 Å². The van der Waals surface area contributed by atoms with Gasteiger partial charge < -0.3 is 15.0 Å². The lowest BCUT2D eigenvalue weighted by Crippen LogP contribution is -2.17. The highest BCUT2D eigenvalue weighted by Gasteiger charge is 2.31. The molecular formula is C22H19ClF4N3O2-. The van der Waals surface area contributed by atoms with Gasteiger partial charge in [-0.15, -0.1) is 26.3 Å². The number of H-pyrrole nitrogens is 1. The molecule has 0 saturated heterocycles. The summed E-state index contributed by atoms with van der Waals surface area (Å²) in [6, 6.07) is 8.80. The van der Waals surface area contributed by atoms with Crippen LogP contribution in [0.1, 0.15) is 19.4 Å². The van der Waals surface area contributed by atoms with Crippen LogP contribution in [0.5, 0.6) is 5.75 Å². The molecule has 0 aliphatic carbocycles. The van der Waals surface area contributed by atoms with Crippen molar-refractivity contribution < 1.29 is 22.3 Å². The minimum atomic E-state index is -4.95. The van der Waals surface area contributed by atoms with Gasteiger partial charge in [0.1, 0.15) is 17.4 Å². The highest BCUT2D eigenvalue weighted by molar-refractivity contribution is 6.33. The maximum atomic E-state index is 14.5. The summed E-state index contributed by atoms with van der Waals surface area (Å²) in [7, 11) is 0. The number of halogens is 5. The van der Waals surface area contributed by atoms with Gasteiger partial charge in [-0.1, -0.05) is 43.0 Å². The van der Waals surface area contributed by atoms with Gasteiger partial charge in [-0.2, -0.15) is 0 Å². The molecule has 0 bridgehead atoms. The van der Waals surface area contributed by atoms with Crippen molar-refractivity contribution in [2.24, 2.45) is 5.92 Å². The van der Waals surface area contributed by atoms with Gasteiger partial charge in [0, 0.05) is 23.3 Å². The first-order chi connectivity index (χ1) is 15.0. The van der Waals surface area contributed by atoms with E-state index in [1.54, 1.807) is 18.2 Å². The van der Waals surface area contributed by atoms with Gasteiger partial charge >= 0.3 is 6.36 Å². The minimum Gasteiger partial charge on any atom is -0.658 e. The molecule has 1 aromatic heterocycles. The fraction of sp³-hybridized carbons (Fsp3) is 0.273. The number of hydrogen-bond acceptors (Lipinski definition) is 3. The molecule has 0 saturated carbocycles. The Morgan fingerprint density at radius 2 is 1.88 bits per heavy atom. The van der Waals surface area contributed by atoms with Crippen LogP contribution in [0, 0.1) is 11.7 Å². The lowest BCUT2D eigenvalue weighted by atomic mass is 10.1. The molecule has 3 rings (SSSR count). The van der Waals surface area contributed by atoms with Crippen molar-refractivity contribution in [3.05, 3.63) is 74.5 Å². The highest BCUT2D eigenvalue weighted by atomic mass is 35.5. The Hall–Kier alpha value is -2.91. The molecule has 170 valence electrons. The molecule has 1 N–H and O–H groups in total. The number of ether oxygens (including phenoxy) is 1. The van der Waals surface area contributed by atoms with Crippen LogP contribution >= 0.6 is 11.6 Å². The zero-order valence-corrected chi connectivity index (χ0v) is 17.9. The average molecular weight is 469 g/mol. The number of nitrogens with zero attached hydrogens (tertiary/aromatic N) is 2. The van der Waals surface area contributed by atoms with Gasteiger partial charge in [-0.3, -0.25) is 4.79 Å². The van der Waals surface area contributed by atoms with Crippen molar-refractivity contribution in [2.45, 2.75) is 26.8 Å². The number of aromatic amines is 1. The van der Waals surface area contributed by atoms with Crippen LogP contribution in [-0.2, 0) is 6.54 Å². The van der Waals surface area contributed by atoms with Gasteiger partial charge in [-0.05, 0) is 24.3 Å². The van der Waals surface area contributed by atoms with Gasteiger partial charge in [0.05, 0.1) is 10.7 Å². The second-order valence-electron chi connectivity index (χ2n) is 7.44. The van der Waals surface area contributed by atoms with E-state index >= 15 is 0 Å². The van der Waals surface area contributed by atoms with Gasteiger partial charge in [0.15, 0.2) is 0 Å². The quantitative estimate of drug-likeness (QED) is 0.412. The fourth-order valence-electron chi connectivity index (χ4n) is 2.93. The van der Waals surface area contributed by atoms with E-state index in [-0.39, 0.29) is 17.1 Å². The Labute approximate surface area is 186 Å². The molecule has 3 aromatic rings. The smallest absolute Gasteiger partial charge is 0.573 e. The molecule has 2 aromatic carbocycles. The molecule has 0 amide bonds. The molecule has 32 heavy (non-hydrogen) atoms. The first-order valence-electron chi connectivity index (χ1n) is 9.61. The number of rotatable bonds is 7. The summed E-state index contributed by atoms with van der Waals surface area (Å²) in [5, 5.41) is 4.77. The van der Waals surface area contributed by atoms with Crippen molar-refractivity contribution in [1.82, 2.24) is 9.97 Å². The lowest BCUT2D eigenvalue weighted by molar-refractivity contribution is -0.274. The second kappa shape index (κ2) is 9.70.